The Morgan fingerprint density at radius 2 is 1.19 bits per heavy atom. The zero-order valence-electron chi connectivity index (χ0n) is 14.8. The highest BCUT2D eigenvalue weighted by Gasteiger charge is 2.25. The summed E-state index contributed by atoms with van der Waals surface area (Å²) in [5, 5.41) is 0. The highest BCUT2D eigenvalue weighted by atomic mass is 16.5. The first-order chi connectivity index (χ1) is 12.5. The van der Waals surface area contributed by atoms with Gasteiger partial charge in [-0.3, -0.25) is 4.79 Å². The Morgan fingerprint density at radius 3 is 1.58 bits per heavy atom. The minimum atomic E-state index is -0.739. The first kappa shape index (κ1) is 19.0. The fourth-order valence-electron chi connectivity index (χ4n) is 2.41. The van der Waals surface area contributed by atoms with Gasteiger partial charge in [0, 0.05) is 11.1 Å². The maximum atomic E-state index is 12.8. The minimum absolute atomic E-state index is 0.0185. The molecule has 0 aliphatic rings. The molecule has 2 aromatic carbocycles. The maximum absolute atomic E-state index is 12.8. The summed E-state index contributed by atoms with van der Waals surface area (Å²) < 4.78 is 19.7. The van der Waals surface area contributed by atoms with Crippen LogP contribution in [0.25, 0.3) is 0 Å². The molecule has 0 aliphatic carbocycles. The third-order valence-electron chi connectivity index (χ3n) is 3.72. The van der Waals surface area contributed by atoms with Crippen LogP contribution in [-0.4, -0.2) is 46.2 Å². The van der Waals surface area contributed by atoms with E-state index in [1.807, 2.05) is 0 Å². The Bertz CT molecular complexity index is 800. The van der Waals surface area contributed by atoms with Crippen molar-refractivity contribution in [1.82, 2.24) is 0 Å². The van der Waals surface area contributed by atoms with Crippen molar-refractivity contribution < 1.29 is 33.3 Å². The largest absolute Gasteiger partial charge is 0.497 e. The summed E-state index contributed by atoms with van der Waals surface area (Å²) in [6.45, 7) is 0. The average molecular weight is 358 g/mol. The van der Waals surface area contributed by atoms with Crippen molar-refractivity contribution in [2.24, 2.45) is 0 Å². The zero-order valence-corrected chi connectivity index (χ0v) is 14.8. The Labute approximate surface area is 150 Å². The number of carbonyl (C=O) groups is 3. The van der Waals surface area contributed by atoms with E-state index in [0.717, 1.165) is 0 Å². The van der Waals surface area contributed by atoms with Crippen LogP contribution in [0.15, 0.2) is 36.4 Å². The molecule has 0 aliphatic heterocycles. The molecule has 26 heavy (non-hydrogen) atoms. The first-order valence-electron chi connectivity index (χ1n) is 7.54. The van der Waals surface area contributed by atoms with Gasteiger partial charge in [0.25, 0.3) is 0 Å². The summed E-state index contributed by atoms with van der Waals surface area (Å²) in [5.74, 6) is -1.28. The Balaban J connectivity index is 2.61. The fourth-order valence-corrected chi connectivity index (χ4v) is 2.41. The van der Waals surface area contributed by atoms with E-state index in [4.69, 9.17) is 18.9 Å². The number of ether oxygens (including phenoxy) is 4. The van der Waals surface area contributed by atoms with Crippen LogP contribution in [0.3, 0.4) is 0 Å². The lowest BCUT2D eigenvalue weighted by Gasteiger charge is -2.13. The van der Waals surface area contributed by atoms with E-state index in [0.29, 0.717) is 11.3 Å². The minimum Gasteiger partial charge on any atom is -0.497 e. The lowest BCUT2D eigenvalue weighted by Crippen LogP contribution is -2.13. The lowest BCUT2D eigenvalue weighted by atomic mass is 9.97. The van der Waals surface area contributed by atoms with E-state index in [1.165, 1.54) is 40.6 Å². The van der Waals surface area contributed by atoms with Crippen LogP contribution >= 0.6 is 0 Å². The van der Waals surface area contributed by atoms with Crippen LogP contribution in [-0.2, 0) is 9.47 Å². The summed E-state index contributed by atoms with van der Waals surface area (Å²) >= 11 is 0. The lowest BCUT2D eigenvalue weighted by molar-refractivity contribution is 0.0592. The highest BCUT2D eigenvalue weighted by molar-refractivity contribution is 6.12. The third kappa shape index (κ3) is 3.66. The topological polar surface area (TPSA) is 88.1 Å². The number of benzene rings is 2. The van der Waals surface area contributed by atoms with Crippen LogP contribution in [0, 0.1) is 0 Å². The van der Waals surface area contributed by atoms with Gasteiger partial charge in [0.2, 0.25) is 0 Å². The zero-order chi connectivity index (χ0) is 19.3. The van der Waals surface area contributed by atoms with Crippen molar-refractivity contribution in [3.05, 3.63) is 58.7 Å². The Morgan fingerprint density at radius 1 is 0.692 bits per heavy atom. The standard InChI is InChI=1S/C19H18O7/c1-23-13-7-5-11(6-8-13)16(20)12-9-14(18(21)25-3)17(24-2)15(10-12)19(22)26-4/h5-10H,1-4H3. The SMILES string of the molecule is COC(=O)c1cc(C(=O)c2ccc(OC)cc2)cc(C(=O)OC)c1OC. The molecular weight excluding hydrogens is 340 g/mol. The van der Waals surface area contributed by atoms with E-state index in [2.05, 4.69) is 0 Å². The molecule has 0 amide bonds. The number of esters is 2. The Kier molecular flexibility index (Phi) is 5.95. The molecule has 7 nitrogen and oxygen atoms in total. The molecule has 0 heterocycles. The van der Waals surface area contributed by atoms with Crippen molar-refractivity contribution in [2.75, 3.05) is 28.4 Å². The second kappa shape index (κ2) is 8.15. The van der Waals surface area contributed by atoms with E-state index in [-0.39, 0.29) is 28.2 Å². The second-order valence-electron chi connectivity index (χ2n) is 5.15. The molecule has 0 atom stereocenters. The van der Waals surface area contributed by atoms with Gasteiger partial charge in [-0.2, -0.15) is 0 Å². The van der Waals surface area contributed by atoms with Crippen molar-refractivity contribution in [3.63, 3.8) is 0 Å². The molecule has 0 unspecified atom stereocenters. The molecule has 2 aromatic rings. The predicted octanol–water partition coefficient (Wildman–Crippen LogP) is 2.51. The number of ketones is 1. The molecule has 0 saturated heterocycles. The maximum Gasteiger partial charge on any atom is 0.341 e. The molecular formula is C19H18O7. The monoisotopic (exact) mass is 358 g/mol. The van der Waals surface area contributed by atoms with Gasteiger partial charge in [0.05, 0.1) is 28.4 Å². The van der Waals surface area contributed by atoms with E-state index in [9.17, 15) is 14.4 Å². The van der Waals surface area contributed by atoms with Crippen LogP contribution < -0.4 is 9.47 Å². The molecule has 0 fully saturated rings. The van der Waals surface area contributed by atoms with Gasteiger partial charge < -0.3 is 18.9 Å². The quantitative estimate of drug-likeness (QED) is 0.579. The summed E-state index contributed by atoms with van der Waals surface area (Å²) in [5.41, 5.74) is 0.392. The number of methoxy groups -OCH3 is 4. The predicted molar refractivity (Wildman–Crippen MR) is 92.1 cm³/mol. The average Bonchev–Trinajstić information content (AvgIpc) is 2.70. The van der Waals surface area contributed by atoms with Gasteiger partial charge >= 0.3 is 11.9 Å². The van der Waals surface area contributed by atoms with E-state index in [1.54, 1.807) is 24.3 Å². The molecule has 0 bridgehead atoms. The number of hydrogen-bond donors (Lipinski definition) is 0. The van der Waals surface area contributed by atoms with Gasteiger partial charge in [-0.15, -0.1) is 0 Å². The first-order valence-corrected chi connectivity index (χ1v) is 7.54. The second-order valence-corrected chi connectivity index (χ2v) is 5.15. The molecule has 0 aromatic heterocycles. The van der Waals surface area contributed by atoms with E-state index < -0.39 is 11.9 Å². The molecule has 0 N–H and O–H groups in total. The van der Waals surface area contributed by atoms with Gasteiger partial charge in [-0.25, -0.2) is 9.59 Å². The molecule has 136 valence electrons. The molecule has 0 radical (unpaired) electrons. The van der Waals surface area contributed by atoms with E-state index >= 15 is 0 Å². The van der Waals surface area contributed by atoms with Crippen LogP contribution in [0.5, 0.6) is 11.5 Å². The molecule has 0 saturated carbocycles. The van der Waals surface area contributed by atoms with Gasteiger partial charge in [-0.1, -0.05) is 0 Å². The Hall–Kier alpha value is -3.35. The normalized spacial score (nSPS) is 10.0. The van der Waals surface area contributed by atoms with Crippen molar-refractivity contribution in [1.29, 1.82) is 0 Å². The van der Waals surface area contributed by atoms with Gasteiger partial charge in [0.1, 0.15) is 22.6 Å². The van der Waals surface area contributed by atoms with Gasteiger partial charge in [0.15, 0.2) is 5.78 Å². The van der Waals surface area contributed by atoms with Crippen LogP contribution in [0.1, 0.15) is 36.6 Å². The fraction of sp³-hybridized carbons (Fsp3) is 0.211. The number of hydrogen-bond acceptors (Lipinski definition) is 7. The van der Waals surface area contributed by atoms with Crippen molar-refractivity contribution in [3.8, 4) is 11.5 Å². The van der Waals surface area contributed by atoms with Crippen LogP contribution in [0.2, 0.25) is 0 Å². The van der Waals surface area contributed by atoms with Crippen molar-refractivity contribution >= 4 is 17.7 Å². The summed E-state index contributed by atoms with van der Waals surface area (Å²) in [4.78, 5) is 36.9. The molecule has 7 heteroatoms. The third-order valence-corrected chi connectivity index (χ3v) is 3.72. The number of carbonyl (C=O) groups excluding carboxylic acids is 3. The molecule has 0 spiro atoms. The summed E-state index contributed by atoms with van der Waals surface area (Å²) in [6.07, 6.45) is 0. The highest BCUT2D eigenvalue weighted by Crippen LogP contribution is 2.29. The van der Waals surface area contributed by atoms with Gasteiger partial charge in [-0.05, 0) is 36.4 Å². The summed E-state index contributed by atoms with van der Waals surface area (Å²) in [6, 6.07) is 9.09. The van der Waals surface area contributed by atoms with Crippen molar-refractivity contribution in [2.45, 2.75) is 0 Å². The number of rotatable bonds is 6. The van der Waals surface area contributed by atoms with Crippen LogP contribution in [0.4, 0.5) is 0 Å². The summed E-state index contributed by atoms with van der Waals surface area (Å²) in [7, 11) is 5.21. The smallest absolute Gasteiger partial charge is 0.341 e. The molecule has 2 rings (SSSR count).